The molecule has 1 aromatic rings. The van der Waals surface area contributed by atoms with E-state index in [9.17, 15) is 9.59 Å². The van der Waals surface area contributed by atoms with Crippen LogP contribution < -0.4 is 10.6 Å². The third-order valence-corrected chi connectivity index (χ3v) is 6.92. The molecule has 2 heterocycles. The number of rotatable bonds is 11. The molecule has 1 saturated heterocycles. The predicted molar refractivity (Wildman–Crippen MR) is 127 cm³/mol. The third-order valence-electron chi connectivity index (χ3n) is 5.76. The van der Waals surface area contributed by atoms with Gasteiger partial charge in [0, 0.05) is 38.6 Å². The molecule has 1 aliphatic heterocycles. The van der Waals surface area contributed by atoms with Gasteiger partial charge in [0.2, 0.25) is 5.91 Å². The van der Waals surface area contributed by atoms with Crippen LogP contribution in [0.2, 0.25) is 0 Å². The lowest BCUT2D eigenvalue weighted by Gasteiger charge is -2.31. The van der Waals surface area contributed by atoms with E-state index in [-0.39, 0.29) is 30.0 Å². The summed E-state index contributed by atoms with van der Waals surface area (Å²) in [6.45, 7) is 11.3. The highest BCUT2D eigenvalue weighted by Gasteiger charge is 2.26. The van der Waals surface area contributed by atoms with Crippen molar-refractivity contribution in [3.8, 4) is 6.07 Å². The molecule has 1 unspecified atom stereocenters. The Kier molecular flexibility index (Phi) is 10.6. The number of nitrogens with zero attached hydrogens (tertiary/aromatic N) is 2. The molecule has 1 aliphatic rings. The van der Waals surface area contributed by atoms with E-state index in [4.69, 9.17) is 10.00 Å². The van der Waals surface area contributed by atoms with Gasteiger partial charge in [-0.2, -0.15) is 5.26 Å². The fourth-order valence-electron chi connectivity index (χ4n) is 3.66. The van der Waals surface area contributed by atoms with Crippen LogP contribution in [-0.2, 0) is 20.7 Å². The van der Waals surface area contributed by atoms with Crippen molar-refractivity contribution in [2.24, 2.45) is 5.92 Å². The molecular weight excluding hydrogens is 424 g/mol. The number of amides is 2. The molecule has 2 N–H and O–H groups in total. The first-order valence-electron chi connectivity index (χ1n) is 11.3. The summed E-state index contributed by atoms with van der Waals surface area (Å²) < 4.78 is 5.43. The molecule has 0 aliphatic carbocycles. The molecule has 0 bridgehead atoms. The molecule has 2 amide bonds. The van der Waals surface area contributed by atoms with Crippen molar-refractivity contribution in [3.05, 3.63) is 33.3 Å². The van der Waals surface area contributed by atoms with Crippen LogP contribution in [0.5, 0.6) is 0 Å². The van der Waals surface area contributed by atoms with E-state index in [1.807, 2.05) is 6.92 Å². The van der Waals surface area contributed by atoms with E-state index in [0.717, 1.165) is 36.4 Å². The Morgan fingerprint density at radius 2 is 2.03 bits per heavy atom. The Morgan fingerprint density at radius 3 is 2.66 bits per heavy atom. The molecule has 1 fully saturated rings. The van der Waals surface area contributed by atoms with Crippen molar-refractivity contribution >= 4 is 29.2 Å². The lowest BCUT2D eigenvalue weighted by atomic mass is 9.91. The van der Waals surface area contributed by atoms with E-state index in [2.05, 4.69) is 42.1 Å². The van der Waals surface area contributed by atoms with Gasteiger partial charge in [-0.15, -0.1) is 11.3 Å². The second-order valence-corrected chi connectivity index (χ2v) is 9.11. The van der Waals surface area contributed by atoms with Crippen molar-refractivity contribution < 1.29 is 14.3 Å². The molecule has 1 atom stereocenters. The Morgan fingerprint density at radius 1 is 1.34 bits per heavy atom. The van der Waals surface area contributed by atoms with E-state index in [0.29, 0.717) is 26.1 Å². The summed E-state index contributed by atoms with van der Waals surface area (Å²) in [4.78, 5) is 30.4. The molecule has 1 aromatic heterocycles. The van der Waals surface area contributed by atoms with Gasteiger partial charge >= 0.3 is 0 Å². The SMILES string of the molecule is C=C(C#N)C(=O)NCC(NC(=O)CCc1nc(C)c(C=C(CC)CC)s1)C1CCOCC1. The van der Waals surface area contributed by atoms with Gasteiger partial charge in [0.15, 0.2) is 0 Å². The number of nitrogens with one attached hydrogen (secondary N) is 2. The number of hydrogen-bond donors (Lipinski definition) is 2. The highest BCUT2D eigenvalue weighted by Crippen LogP contribution is 2.24. The monoisotopic (exact) mass is 458 g/mol. The average Bonchev–Trinajstić information content (AvgIpc) is 3.17. The Labute approximate surface area is 194 Å². The van der Waals surface area contributed by atoms with Crippen molar-refractivity contribution in [1.29, 1.82) is 5.26 Å². The molecule has 0 saturated carbocycles. The van der Waals surface area contributed by atoms with Crippen molar-refractivity contribution in [2.75, 3.05) is 19.8 Å². The Bertz CT molecular complexity index is 872. The fourth-order valence-corrected chi connectivity index (χ4v) is 4.72. The van der Waals surface area contributed by atoms with Crippen LogP contribution in [-0.4, -0.2) is 42.6 Å². The van der Waals surface area contributed by atoms with Crippen LogP contribution in [0.4, 0.5) is 0 Å². The molecular formula is C24H34N4O3S. The predicted octanol–water partition coefficient (Wildman–Crippen LogP) is 3.69. The standard InChI is InChI=1S/C24H34N4O3S/c1-5-18(6-2)13-21-17(4)27-23(32-21)8-7-22(29)28-20(19-9-11-31-12-10-19)15-26-24(30)16(3)14-25/h13,19-20H,3,5-12,15H2,1-2,4H3,(H,26,30)(H,28,29). The normalized spacial score (nSPS) is 14.8. The summed E-state index contributed by atoms with van der Waals surface area (Å²) in [7, 11) is 0. The number of hydrogen-bond acceptors (Lipinski definition) is 6. The summed E-state index contributed by atoms with van der Waals surface area (Å²) in [5.41, 5.74) is 2.26. The maximum atomic E-state index is 12.7. The van der Waals surface area contributed by atoms with E-state index >= 15 is 0 Å². The van der Waals surface area contributed by atoms with Crippen LogP contribution in [0, 0.1) is 24.2 Å². The summed E-state index contributed by atoms with van der Waals surface area (Å²) in [6, 6.07) is 1.54. The largest absolute Gasteiger partial charge is 0.381 e. The van der Waals surface area contributed by atoms with Crippen molar-refractivity contribution in [2.45, 2.75) is 65.3 Å². The van der Waals surface area contributed by atoms with Gasteiger partial charge in [0.25, 0.3) is 5.91 Å². The highest BCUT2D eigenvalue weighted by atomic mass is 32.1. The topological polar surface area (TPSA) is 104 Å². The van der Waals surface area contributed by atoms with Gasteiger partial charge < -0.3 is 15.4 Å². The molecule has 0 spiro atoms. The Hall–Kier alpha value is -2.50. The first kappa shape index (κ1) is 25.8. The molecule has 0 aromatic carbocycles. The lowest BCUT2D eigenvalue weighted by Crippen LogP contribution is -2.49. The Balaban J connectivity index is 1.96. The van der Waals surface area contributed by atoms with Gasteiger partial charge in [0.1, 0.15) is 11.6 Å². The fraction of sp³-hybridized carbons (Fsp3) is 0.583. The second-order valence-electron chi connectivity index (χ2n) is 7.99. The van der Waals surface area contributed by atoms with Gasteiger partial charge in [-0.05, 0) is 44.6 Å². The average molecular weight is 459 g/mol. The number of nitriles is 1. The maximum Gasteiger partial charge on any atom is 0.261 e. The van der Waals surface area contributed by atoms with Crippen LogP contribution in [0.1, 0.15) is 61.5 Å². The van der Waals surface area contributed by atoms with Gasteiger partial charge in [0.05, 0.1) is 15.6 Å². The van der Waals surface area contributed by atoms with Crippen LogP contribution in [0.15, 0.2) is 17.7 Å². The molecule has 2 rings (SSSR count). The summed E-state index contributed by atoms with van der Waals surface area (Å²) >= 11 is 1.65. The molecule has 0 radical (unpaired) electrons. The molecule has 7 nitrogen and oxygen atoms in total. The molecule has 174 valence electrons. The number of allylic oxidation sites excluding steroid dienone is 1. The van der Waals surface area contributed by atoms with Crippen LogP contribution in [0.25, 0.3) is 6.08 Å². The number of carbonyl (C=O) groups excluding carboxylic acids is 2. The molecule has 8 heteroatoms. The minimum absolute atomic E-state index is 0.0670. The van der Waals surface area contributed by atoms with E-state index in [1.165, 1.54) is 10.5 Å². The number of ether oxygens (including phenoxy) is 1. The number of carbonyl (C=O) groups is 2. The first-order chi connectivity index (χ1) is 15.4. The van der Waals surface area contributed by atoms with Crippen molar-refractivity contribution in [3.63, 3.8) is 0 Å². The minimum Gasteiger partial charge on any atom is -0.381 e. The zero-order chi connectivity index (χ0) is 23.5. The number of thiazole rings is 1. The smallest absolute Gasteiger partial charge is 0.261 e. The summed E-state index contributed by atoms with van der Waals surface area (Å²) in [6.07, 6.45) is 6.82. The first-order valence-corrected chi connectivity index (χ1v) is 12.1. The van der Waals surface area contributed by atoms with Gasteiger partial charge in [-0.3, -0.25) is 9.59 Å². The van der Waals surface area contributed by atoms with Crippen LogP contribution >= 0.6 is 11.3 Å². The zero-order valence-corrected chi connectivity index (χ0v) is 20.1. The maximum absolute atomic E-state index is 12.7. The minimum atomic E-state index is -0.504. The molecule has 32 heavy (non-hydrogen) atoms. The summed E-state index contributed by atoms with van der Waals surface area (Å²) in [5.74, 6) is -0.359. The zero-order valence-electron chi connectivity index (χ0n) is 19.3. The quantitative estimate of drug-likeness (QED) is 0.389. The summed E-state index contributed by atoms with van der Waals surface area (Å²) in [5, 5.41) is 15.6. The van der Waals surface area contributed by atoms with Crippen molar-refractivity contribution in [1.82, 2.24) is 15.6 Å². The third kappa shape index (κ3) is 7.88. The number of aromatic nitrogens is 1. The van der Waals surface area contributed by atoms with E-state index < -0.39 is 5.91 Å². The van der Waals surface area contributed by atoms with E-state index in [1.54, 1.807) is 17.4 Å². The second kappa shape index (κ2) is 13.1. The number of aryl methyl sites for hydroxylation is 2. The van der Waals surface area contributed by atoms with Crippen LogP contribution in [0.3, 0.4) is 0 Å². The lowest BCUT2D eigenvalue weighted by molar-refractivity contribution is -0.123. The van der Waals surface area contributed by atoms with Gasteiger partial charge in [-0.25, -0.2) is 4.98 Å². The van der Waals surface area contributed by atoms with Gasteiger partial charge in [-0.1, -0.05) is 26.0 Å². The highest BCUT2D eigenvalue weighted by molar-refractivity contribution is 7.12.